The molecule has 0 aliphatic carbocycles. The van der Waals surface area contributed by atoms with Crippen molar-refractivity contribution in [3.63, 3.8) is 0 Å². The van der Waals surface area contributed by atoms with Gasteiger partial charge in [-0.15, -0.1) is 0 Å². The van der Waals surface area contributed by atoms with Crippen LogP contribution in [-0.2, 0) is 0 Å². The van der Waals surface area contributed by atoms with Crippen molar-refractivity contribution in [2.24, 2.45) is 0 Å². The zero-order valence-electron chi connectivity index (χ0n) is 11.7. The van der Waals surface area contributed by atoms with Gasteiger partial charge in [-0.2, -0.15) is 0 Å². The number of amides is 1. The first-order valence-electron chi connectivity index (χ1n) is 6.35. The van der Waals surface area contributed by atoms with E-state index in [4.69, 9.17) is 10.2 Å². The Kier molecular flexibility index (Phi) is 3.70. The van der Waals surface area contributed by atoms with Gasteiger partial charge in [0.15, 0.2) is 5.75 Å². The number of carbonyl (C=O) groups is 1. The van der Waals surface area contributed by atoms with Gasteiger partial charge < -0.3 is 20.6 Å². The van der Waals surface area contributed by atoms with Crippen LogP contribution in [0.15, 0.2) is 28.7 Å². The van der Waals surface area contributed by atoms with Gasteiger partial charge in [-0.3, -0.25) is 4.79 Å². The van der Waals surface area contributed by atoms with E-state index in [0.717, 1.165) is 17.1 Å². The van der Waals surface area contributed by atoms with Gasteiger partial charge in [-0.1, -0.05) is 6.07 Å². The number of hydrogen-bond acceptors (Lipinski definition) is 4. The quantitative estimate of drug-likeness (QED) is 0.593. The lowest BCUT2D eigenvalue weighted by Crippen LogP contribution is -2.27. The molecule has 0 saturated carbocycles. The van der Waals surface area contributed by atoms with Crippen molar-refractivity contribution in [3.8, 4) is 5.75 Å². The van der Waals surface area contributed by atoms with E-state index in [1.807, 2.05) is 26.8 Å². The summed E-state index contributed by atoms with van der Waals surface area (Å²) >= 11 is 0. The molecular formula is C15H18N2O3. The summed E-state index contributed by atoms with van der Waals surface area (Å²) in [4.78, 5) is 12.2. The molecule has 4 N–H and O–H groups in total. The highest BCUT2D eigenvalue weighted by Crippen LogP contribution is 2.26. The monoisotopic (exact) mass is 274 g/mol. The second-order valence-corrected chi connectivity index (χ2v) is 4.81. The smallest absolute Gasteiger partial charge is 0.255 e. The lowest BCUT2D eigenvalue weighted by atomic mass is 10.1. The number of para-hydroxylation sites is 1. The van der Waals surface area contributed by atoms with Crippen LogP contribution < -0.4 is 11.1 Å². The van der Waals surface area contributed by atoms with E-state index in [1.165, 1.54) is 6.07 Å². The fourth-order valence-corrected chi connectivity index (χ4v) is 2.18. The maximum Gasteiger partial charge on any atom is 0.255 e. The molecule has 1 heterocycles. The number of benzene rings is 1. The average Bonchev–Trinajstić information content (AvgIpc) is 2.71. The number of anilines is 1. The van der Waals surface area contributed by atoms with Crippen LogP contribution in [-0.4, -0.2) is 11.0 Å². The summed E-state index contributed by atoms with van der Waals surface area (Å²) in [6.07, 6.45) is 0. The molecule has 0 radical (unpaired) electrons. The van der Waals surface area contributed by atoms with Gasteiger partial charge in [0, 0.05) is 5.56 Å². The molecule has 1 unspecified atom stereocenters. The number of carbonyl (C=O) groups excluding carboxylic acids is 1. The summed E-state index contributed by atoms with van der Waals surface area (Å²) in [5.74, 6) is 0.996. The molecule has 2 rings (SSSR count). The summed E-state index contributed by atoms with van der Waals surface area (Å²) in [5.41, 5.74) is 6.84. The highest BCUT2D eigenvalue weighted by atomic mass is 16.3. The number of nitrogens with one attached hydrogen (secondary N) is 1. The molecule has 106 valence electrons. The summed E-state index contributed by atoms with van der Waals surface area (Å²) in [5, 5.41) is 12.6. The Morgan fingerprint density at radius 2 is 2.10 bits per heavy atom. The predicted molar refractivity (Wildman–Crippen MR) is 76.6 cm³/mol. The van der Waals surface area contributed by atoms with Gasteiger partial charge in [0.25, 0.3) is 5.91 Å². The van der Waals surface area contributed by atoms with Gasteiger partial charge in [0.2, 0.25) is 0 Å². The summed E-state index contributed by atoms with van der Waals surface area (Å²) < 4.78 is 5.45. The number of nitrogens with two attached hydrogens (primary N) is 1. The van der Waals surface area contributed by atoms with Crippen LogP contribution in [0.4, 0.5) is 5.69 Å². The van der Waals surface area contributed by atoms with Crippen molar-refractivity contribution >= 4 is 11.6 Å². The minimum atomic E-state index is -0.374. The van der Waals surface area contributed by atoms with E-state index < -0.39 is 0 Å². The Morgan fingerprint density at radius 3 is 2.70 bits per heavy atom. The Labute approximate surface area is 117 Å². The van der Waals surface area contributed by atoms with Crippen LogP contribution in [0.2, 0.25) is 0 Å². The molecule has 0 spiro atoms. The van der Waals surface area contributed by atoms with Crippen LogP contribution >= 0.6 is 0 Å². The Bertz CT molecular complexity index is 647. The maximum atomic E-state index is 12.2. The number of phenols is 1. The lowest BCUT2D eigenvalue weighted by molar-refractivity contribution is 0.0937. The SMILES string of the molecule is Cc1cc(C(C)NC(=O)c2cccc(N)c2O)c(C)o1. The first-order valence-corrected chi connectivity index (χ1v) is 6.35. The van der Waals surface area contributed by atoms with E-state index in [1.54, 1.807) is 12.1 Å². The Morgan fingerprint density at radius 1 is 1.40 bits per heavy atom. The van der Waals surface area contributed by atoms with Crippen molar-refractivity contribution in [1.29, 1.82) is 0 Å². The third kappa shape index (κ3) is 2.61. The normalized spacial score (nSPS) is 12.2. The zero-order chi connectivity index (χ0) is 14.9. The molecular weight excluding hydrogens is 256 g/mol. The lowest BCUT2D eigenvalue weighted by Gasteiger charge is -2.14. The highest BCUT2D eigenvalue weighted by molar-refractivity contribution is 5.98. The van der Waals surface area contributed by atoms with Crippen molar-refractivity contribution in [3.05, 3.63) is 46.9 Å². The third-order valence-corrected chi connectivity index (χ3v) is 3.21. The molecule has 0 aliphatic heterocycles. The van der Waals surface area contributed by atoms with Crippen LogP contribution in [0, 0.1) is 13.8 Å². The summed E-state index contributed by atoms with van der Waals surface area (Å²) in [6.45, 7) is 5.57. The number of aryl methyl sites for hydroxylation is 2. The third-order valence-electron chi connectivity index (χ3n) is 3.21. The topological polar surface area (TPSA) is 88.5 Å². The van der Waals surface area contributed by atoms with Crippen LogP contribution in [0.25, 0.3) is 0 Å². The average molecular weight is 274 g/mol. The van der Waals surface area contributed by atoms with Crippen LogP contribution in [0.5, 0.6) is 5.75 Å². The fraction of sp³-hybridized carbons (Fsp3) is 0.267. The molecule has 1 amide bonds. The molecule has 5 nitrogen and oxygen atoms in total. The summed E-state index contributed by atoms with van der Waals surface area (Å²) in [6, 6.07) is 6.36. The number of aromatic hydroxyl groups is 1. The van der Waals surface area contributed by atoms with Crippen molar-refractivity contribution in [2.45, 2.75) is 26.8 Å². The number of furan rings is 1. The minimum Gasteiger partial charge on any atom is -0.505 e. The number of phenolic OH excluding ortho intramolecular Hbond substituents is 1. The van der Waals surface area contributed by atoms with E-state index in [-0.39, 0.29) is 28.9 Å². The van der Waals surface area contributed by atoms with E-state index in [0.29, 0.717) is 0 Å². The Balaban J connectivity index is 2.19. The zero-order valence-corrected chi connectivity index (χ0v) is 11.7. The molecule has 5 heteroatoms. The van der Waals surface area contributed by atoms with Crippen molar-refractivity contribution in [1.82, 2.24) is 5.32 Å². The molecule has 1 aromatic carbocycles. The minimum absolute atomic E-state index is 0.162. The molecule has 1 atom stereocenters. The molecule has 2 aromatic rings. The number of rotatable bonds is 3. The standard InChI is InChI=1S/C15H18N2O3/c1-8-7-12(10(3)20-8)9(2)17-15(19)11-5-4-6-13(16)14(11)18/h4-7,9,18H,16H2,1-3H3,(H,17,19). The molecule has 0 bridgehead atoms. The largest absolute Gasteiger partial charge is 0.505 e. The Hall–Kier alpha value is -2.43. The van der Waals surface area contributed by atoms with Gasteiger partial charge in [-0.25, -0.2) is 0 Å². The molecule has 20 heavy (non-hydrogen) atoms. The second kappa shape index (κ2) is 5.28. The second-order valence-electron chi connectivity index (χ2n) is 4.81. The summed E-state index contributed by atoms with van der Waals surface area (Å²) in [7, 11) is 0. The number of hydrogen-bond donors (Lipinski definition) is 3. The van der Waals surface area contributed by atoms with Gasteiger partial charge in [0.1, 0.15) is 11.5 Å². The van der Waals surface area contributed by atoms with E-state index >= 15 is 0 Å². The van der Waals surface area contributed by atoms with E-state index in [9.17, 15) is 9.90 Å². The predicted octanol–water partition coefficient (Wildman–Crippen LogP) is 2.68. The molecule has 0 saturated heterocycles. The van der Waals surface area contributed by atoms with Crippen molar-refractivity contribution < 1.29 is 14.3 Å². The first-order chi connectivity index (χ1) is 9.40. The first kappa shape index (κ1) is 14.0. The van der Waals surface area contributed by atoms with Gasteiger partial charge >= 0.3 is 0 Å². The molecule has 0 fully saturated rings. The molecule has 0 aliphatic rings. The van der Waals surface area contributed by atoms with Gasteiger partial charge in [0.05, 0.1) is 17.3 Å². The number of nitrogen functional groups attached to an aromatic ring is 1. The van der Waals surface area contributed by atoms with Crippen LogP contribution in [0.3, 0.4) is 0 Å². The fourth-order valence-electron chi connectivity index (χ4n) is 2.18. The molecule has 1 aromatic heterocycles. The highest BCUT2D eigenvalue weighted by Gasteiger charge is 2.18. The van der Waals surface area contributed by atoms with Gasteiger partial charge in [-0.05, 0) is 39.0 Å². The van der Waals surface area contributed by atoms with Crippen molar-refractivity contribution in [2.75, 3.05) is 5.73 Å². The van der Waals surface area contributed by atoms with E-state index in [2.05, 4.69) is 5.32 Å². The maximum absolute atomic E-state index is 12.2. The van der Waals surface area contributed by atoms with Crippen LogP contribution in [0.1, 0.15) is 40.4 Å².